The van der Waals surface area contributed by atoms with Crippen LogP contribution in [0.5, 0.6) is 0 Å². The van der Waals surface area contributed by atoms with Gasteiger partial charge in [-0.3, -0.25) is 0 Å². The van der Waals surface area contributed by atoms with Crippen molar-refractivity contribution in [3.63, 3.8) is 0 Å². The van der Waals surface area contributed by atoms with Gasteiger partial charge in [-0.25, -0.2) is 0 Å². The Morgan fingerprint density at radius 2 is 2.12 bits per heavy atom. The number of benzene rings is 1. The predicted octanol–water partition coefficient (Wildman–Crippen LogP) is 2.10. The summed E-state index contributed by atoms with van der Waals surface area (Å²) in [7, 11) is 0. The summed E-state index contributed by atoms with van der Waals surface area (Å²) in [5, 5.41) is 8.44. The van der Waals surface area contributed by atoms with Crippen molar-refractivity contribution in [2.24, 2.45) is 0 Å². The lowest BCUT2D eigenvalue weighted by molar-refractivity contribution is 0.0190. The van der Waals surface area contributed by atoms with Gasteiger partial charge in [-0.2, -0.15) is 0 Å². The van der Waals surface area contributed by atoms with E-state index in [9.17, 15) is 0 Å². The normalized spacial score (nSPS) is 17.6. The first-order valence-corrected chi connectivity index (χ1v) is 6.09. The molecule has 0 saturated carbocycles. The third-order valence-electron chi connectivity index (χ3n) is 3.19. The first kappa shape index (κ1) is 10.7. The van der Waals surface area contributed by atoms with Crippen LogP contribution in [-0.2, 0) is 11.3 Å². The Kier molecular flexibility index (Phi) is 3.07. The zero-order valence-corrected chi connectivity index (χ0v) is 9.69. The van der Waals surface area contributed by atoms with E-state index in [-0.39, 0.29) is 0 Å². The summed E-state index contributed by atoms with van der Waals surface area (Å²) in [6.07, 6.45) is 2.51. The van der Waals surface area contributed by atoms with Gasteiger partial charge in [0, 0.05) is 5.39 Å². The monoisotopic (exact) mass is 232 g/mol. The first-order valence-electron chi connectivity index (χ1n) is 6.09. The number of hydrogen-bond acceptors (Lipinski definition) is 4. The van der Waals surface area contributed by atoms with Crippen LogP contribution in [0.3, 0.4) is 0 Å². The van der Waals surface area contributed by atoms with Crippen molar-refractivity contribution in [1.29, 1.82) is 0 Å². The quantitative estimate of drug-likeness (QED) is 0.880. The molecule has 1 N–H and O–H groups in total. The van der Waals surface area contributed by atoms with E-state index in [0.717, 1.165) is 42.6 Å². The van der Waals surface area contributed by atoms with Gasteiger partial charge in [0.2, 0.25) is 0 Å². The van der Waals surface area contributed by atoms with Crippen LogP contribution in [0.4, 0.5) is 0 Å². The molecule has 1 aliphatic rings. The summed E-state index contributed by atoms with van der Waals surface area (Å²) < 4.78 is 11.1. The maximum atomic E-state index is 5.87. The molecule has 2 heterocycles. The van der Waals surface area contributed by atoms with Crippen LogP contribution in [0.15, 0.2) is 28.8 Å². The van der Waals surface area contributed by atoms with Crippen LogP contribution in [0, 0.1) is 0 Å². The van der Waals surface area contributed by atoms with Gasteiger partial charge < -0.3 is 14.6 Å². The largest absolute Gasteiger partial charge is 0.372 e. The highest BCUT2D eigenvalue weighted by Crippen LogP contribution is 2.19. The van der Waals surface area contributed by atoms with Crippen molar-refractivity contribution in [1.82, 2.24) is 10.5 Å². The number of nitrogens with one attached hydrogen (secondary N) is 1. The van der Waals surface area contributed by atoms with Crippen LogP contribution in [0.1, 0.15) is 18.5 Å². The number of rotatable bonds is 3. The number of ether oxygens (including phenoxy) is 1. The highest BCUT2D eigenvalue weighted by molar-refractivity contribution is 5.78. The van der Waals surface area contributed by atoms with E-state index in [2.05, 4.69) is 10.5 Å². The molecule has 0 radical (unpaired) electrons. The summed E-state index contributed by atoms with van der Waals surface area (Å²) in [4.78, 5) is 0. The third kappa shape index (κ3) is 2.33. The Morgan fingerprint density at radius 1 is 1.29 bits per heavy atom. The molecule has 4 nitrogen and oxygen atoms in total. The number of aromatic nitrogens is 1. The molecule has 0 atom stereocenters. The van der Waals surface area contributed by atoms with Crippen molar-refractivity contribution < 1.29 is 9.26 Å². The smallest absolute Gasteiger partial charge is 0.167 e. The second kappa shape index (κ2) is 4.85. The molecule has 1 aromatic heterocycles. The minimum absolute atomic E-state index is 0.353. The van der Waals surface area contributed by atoms with E-state index in [0.29, 0.717) is 12.7 Å². The fraction of sp³-hybridized carbons (Fsp3) is 0.462. The molecule has 1 aliphatic heterocycles. The number of fused-ring (bicyclic) bond motifs is 1. The number of piperidine rings is 1. The van der Waals surface area contributed by atoms with Crippen molar-refractivity contribution in [2.75, 3.05) is 13.1 Å². The van der Waals surface area contributed by atoms with Crippen LogP contribution in [-0.4, -0.2) is 24.4 Å². The van der Waals surface area contributed by atoms with Gasteiger partial charge in [-0.1, -0.05) is 17.3 Å². The van der Waals surface area contributed by atoms with Crippen molar-refractivity contribution in [2.45, 2.75) is 25.6 Å². The number of hydrogen-bond donors (Lipinski definition) is 1. The lowest BCUT2D eigenvalue weighted by Gasteiger charge is -2.22. The van der Waals surface area contributed by atoms with Gasteiger partial charge in [-0.15, -0.1) is 0 Å². The molecule has 1 fully saturated rings. The van der Waals surface area contributed by atoms with Gasteiger partial charge in [0.05, 0.1) is 12.7 Å². The van der Waals surface area contributed by atoms with E-state index in [1.807, 2.05) is 24.3 Å². The van der Waals surface area contributed by atoms with Gasteiger partial charge in [-0.05, 0) is 38.1 Å². The SMILES string of the molecule is c1ccc2c(COC3CCNCC3)noc2c1. The molecule has 2 aromatic rings. The zero-order chi connectivity index (χ0) is 11.5. The average Bonchev–Trinajstić information content (AvgIpc) is 2.81. The molecular formula is C13H16N2O2. The first-order chi connectivity index (χ1) is 8.43. The van der Waals surface area contributed by atoms with Crippen molar-refractivity contribution in [3.8, 4) is 0 Å². The maximum absolute atomic E-state index is 5.87. The molecule has 0 spiro atoms. The van der Waals surface area contributed by atoms with E-state index >= 15 is 0 Å². The molecule has 0 bridgehead atoms. The molecule has 0 unspecified atom stereocenters. The van der Waals surface area contributed by atoms with Crippen LogP contribution in [0.2, 0.25) is 0 Å². The topological polar surface area (TPSA) is 47.3 Å². The summed E-state index contributed by atoms with van der Waals surface area (Å²) in [6, 6.07) is 7.89. The van der Waals surface area contributed by atoms with Crippen molar-refractivity contribution in [3.05, 3.63) is 30.0 Å². The third-order valence-corrected chi connectivity index (χ3v) is 3.19. The average molecular weight is 232 g/mol. The summed E-state index contributed by atoms with van der Waals surface area (Å²) in [5.74, 6) is 0. The van der Waals surface area contributed by atoms with Crippen LogP contribution < -0.4 is 5.32 Å². The molecule has 3 rings (SSSR count). The highest BCUT2D eigenvalue weighted by atomic mass is 16.5. The van der Waals surface area contributed by atoms with Gasteiger partial charge in [0.1, 0.15) is 5.69 Å². The van der Waals surface area contributed by atoms with E-state index < -0.39 is 0 Å². The Labute approximate surface area is 99.9 Å². The maximum Gasteiger partial charge on any atom is 0.167 e. The summed E-state index contributed by atoms with van der Waals surface area (Å²) >= 11 is 0. The van der Waals surface area contributed by atoms with Gasteiger partial charge in [0.15, 0.2) is 5.58 Å². The number of para-hydroxylation sites is 1. The van der Waals surface area contributed by atoms with E-state index in [1.165, 1.54) is 0 Å². The molecule has 1 saturated heterocycles. The molecule has 90 valence electrons. The minimum atomic E-state index is 0.353. The molecule has 1 aromatic carbocycles. The molecule has 17 heavy (non-hydrogen) atoms. The molecule has 4 heteroatoms. The van der Waals surface area contributed by atoms with Crippen LogP contribution in [0.25, 0.3) is 11.0 Å². The highest BCUT2D eigenvalue weighted by Gasteiger charge is 2.15. The second-order valence-corrected chi connectivity index (χ2v) is 4.39. The van der Waals surface area contributed by atoms with Gasteiger partial charge in [0.25, 0.3) is 0 Å². The molecule has 0 aliphatic carbocycles. The predicted molar refractivity (Wildman–Crippen MR) is 64.7 cm³/mol. The Balaban J connectivity index is 1.68. The fourth-order valence-electron chi connectivity index (χ4n) is 2.20. The lowest BCUT2D eigenvalue weighted by Crippen LogP contribution is -2.32. The Hall–Kier alpha value is -1.39. The molecule has 0 amide bonds. The summed E-state index contributed by atoms with van der Waals surface area (Å²) in [5.41, 5.74) is 1.73. The zero-order valence-electron chi connectivity index (χ0n) is 9.69. The minimum Gasteiger partial charge on any atom is -0.372 e. The molecular weight excluding hydrogens is 216 g/mol. The Morgan fingerprint density at radius 3 is 3.00 bits per heavy atom. The fourth-order valence-corrected chi connectivity index (χ4v) is 2.20. The van der Waals surface area contributed by atoms with Crippen LogP contribution >= 0.6 is 0 Å². The van der Waals surface area contributed by atoms with E-state index in [4.69, 9.17) is 9.26 Å². The van der Waals surface area contributed by atoms with Crippen molar-refractivity contribution >= 4 is 11.0 Å². The van der Waals surface area contributed by atoms with E-state index in [1.54, 1.807) is 0 Å². The van der Waals surface area contributed by atoms with Gasteiger partial charge >= 0.3 is 0 Å². The standard InChI is InChI=1S/C13H16N2O2/c1-2-4-13-11(3-1)12(15-17-13)9-16-10-5-7-14-8-6-10/h1-4,10,14H,5-9H2. The number of nitrogens with zero attached hydrogens (tertiary/aromatic N) is 1. The lowest BCUT2D eigenvalue weighted by atomic mass is 10.1. The Bertz CT molecular complexity index is 489. The second-order valence-electron chi connectivity index (χ2n) is 4.39. The summed E-state index contributed by atoms with van der Waals surface area (Å²) in [6.45, 7) is 2.64.